The lowest BCUT2D eigenvalue weighted by atomic mass is 10.1. The topological polar surface area (TPSA) is 60.7 Å². The smallest absolute Gasteiger partial charge is 0.373 e. The van der Waals surface area contributed by atoms with Crippen molar-refractivity contribution in [3.63, 3.8) is 0 Å². The molecule has 0 radical (unpaired) electrons. The molecule has 1 aromatic heterocycles. The van der Waals surface area contributed by atoms with Gasteiger partial charge in [-0.25, -0.2) is 4.79 Å². The average molecular weight is 269 g/mol. The molecule has 19 heavy (non-hydrogen) atoms. The largest absolute Gasteiger partial charge is 0.463 e. The minimum absolute atomic E-state index is 0.0186. The lowest BCUT2D eigenvalue weighted by Crippen LogP contribution is -2.34. The number of esters is 1. The van der Waals surface area contributed by atoms with Crippen molar-refractivity contribution < 1.29 is 18.7 Å². The summed E-state index contributed by atoms with van der Waals surface area (Å²) in [6.45, 7) is 4.79. The zero-order chi connectivity index (χ0) is 14.3. The van der Waals surface area contributed by atoms with Gasteiger partial charge in [0.25, 0.3) is 0 Å². The number of ether oxygens (including phenoxy) is 2. The summed E-state index contributed by atoms with van der Waals surface area (Å²) in [5, 5.41) is 3.43. The second kappa shape index (κ2) is 7.96. The third-order valence-electron chi connectivity index (χ3n) is 2.93. The predicted octanol–water partition coefficient (Wildman–Crippen LogP) is 2.53. The molecule has 5 nitrogen and oxygen atoms in total. The van der Waals surface area contributed by atoms with Crippen molar-refractivity contribution in [2.45, 2.75) is 38.8 Å². The monoisotopic (exact) mass is 269 g/mol. The van der Waals surface area contributed by atoms with Crippen molar-refractivity contribution in [2.24, 2.45) is 0 Å². The molecular formula is C14H23NO4. The van der Waals surface area contributed by atoms with E-state index in [1.165, 1.54) is 7.11 Å². The summed E-state index contributed by atoms with van der Waals surface area (Å²) in [5.41, 5.74) is 0. The third-order valence-corrected chi connectivity index (χ3v) is 2.93. The maximum Gasteiger partial charge on any atom is 0.373 e. The molecule has 0 bridgehead atoms. The maximum absolute atomic E-state index is 11.3. The van der Waals surface area contributed by atoms with Gasteiger partial charge >= 0.3 is 5.97 Å². The molecular weight excluding hydrogens is 246 g/mol. The summed E-state index contributed by atoms with van der Waals surface area (Å²) in [7, 11) is 3.03. The van der Waals surface area contributed by atoms with Crippen LogP contribution in [-0.4, -0.2) is 32.8 Å². The van der Waals surface area contributed by atoms with Gasteiger partial charge in [0.05, 0.1) is 19.8 Å². The highest BCUT2D eigenvalue weighted by molar-refractivity contribution is 5.86. The maximum atomic E-state index is 11.3. The fraction of sp³-hybridized carbons (Fsp3) is 0.643. The summed E-state index contributed by atoms with van der Waals surface area (Å²) < 4.78 is 15.3. The van der Waals surface area contributed by atoms with Crippen LogP contribution in [0.25, 0.3) is 0 Å². The molecule has 0 aliphatic heterocycles. The van der Waals surface area contributed by atoms with Crippen molar-refractivity contribution in [3.05, 3.63) is 23.7 Å². The molecule has 2 unspecified atom stereocenters. The molecule has 1 aromatic rings. The van der Waals surface area contributed by atoms with Crippen molar-refractivity contribution in [1.29, 1.82) is 0 Å². The molecule has 2 atom stereocenters. The Labute approximate surface area is 114 Å². The molecule has 0 saturated heterocycles. The van der Waals surface area contributed by atoms with E-state index >= 15 is 0 Å². The van der Waals surface area contributed by atoms with Gasteiger partial charge < -0.3 is 19.2 Å². The van der Waals surface area contributed by atoms with Crippen LogP contribution in [0.3, 0.4) is 0 Å². The zero-order valence-electron chi connectivity index (χ0n) is 12.1. The highest BCUT2D eigenvalue weighted by Crippen LogP contribution is 2.18. The van der Waals surface area contributed by atoms with Crippen molar-refractivity contribution >= 4 is 5.97 Å². The summed E-state index contributed by atoms with van der Waals surface area (Å²) in [6.07, 6.45) is 2.11. The molecule has 0 aromatic carbocycles. The highest BCUT2D eigenvalue weighted by atomic mass is 16.5. The minimum atomic E-state index is -0.458. The number of methoxy groups -OCH3 is 2. The van der Waals surface area contributed by atoms with Crippen molar-refractivity contribution in [3.8, 4) is 0 Å². The molecule has 5 heteroatoms. The van der Waals surface area contributed by atoms with E-state index in [0.29, 0.717) is 6.61 Å². The van der Waals surface area contributed by atoms with Crippen molar-refractivity contribution in [2.75, 3.05) is 20.8 Å². The normalized spacial score (nSPS) is 14.1. The molecule has 1 N–H and O–H groups in total. The van der Waals surface area contributed by atoms with Crippen LogP contribution in [-0.2, 0) is 9.47 Å². The Bertz CT molecular complexity index is 383. The van der Waals surface area contributed by atoms with E-state index in [9.17, 15) is 4.79 Å². The number of hydrogen-bond donors (Lipinski definition) is 1. The molecule has 0 aliphatic carbocycles. The van der Waals surface area contributed by atoms with Crippen LogP contribution in [0.4, 0.5) is 0 Å². The number of hydrogen-bond acceptors (Lipinski definition) is 5. The van der Waals surface area contributed by atoms with Gasteiger partial charge in [-0.15, -0.1) is 0 Å². The lowest BCUT2D eigenvalue weighted by Gasteiger charge is -2.21. The standard InChI is InChI=1S/C14H23NO4/c1-5-6-11(9-17-3)15-10(2)12-7-8-13(19-12)14(16)18-4/h7-8,10-11,15H,5-6,9H2,1-4H3. The predicted molar refractivity (Wildman–Crippen MR) is 72.2 cm³/mol. The van der Waals surface area contributed by atoms with E-state index < -0.39 is 5.97 Å². The molecule has 0 saturated carbocycles. The van der Waals surface area contributed by atoms with Crippen LogP contribution in [0.1, 0.15) is 49.0 Å². The number of carbonyl (C=O) groups excluding carboxylic acids is 1. The second-order valence-corrected chi connectivity index (χ2v) is 4.52. The van der Waals surface area contributed by atoms with Gasteiger partial charge in [-0.3, -0.25) is 0 Å². The van der Waals surface area contributed by atoms with Crippen LogP contribution < -0.4 is 5.32 Å². The summed E-state index contributed by atoms with van der Waals surface area (Å²) >= 11 is 0. The van der Waals surface area contributed by atoms with Gasteiger partial charge in [0.2, 0.25) is 5.76 Å². The van der Waals surface area contributed by atoms with Gasteiger partial charge in [-0.05, 0) is 25.5 Å². The number of rotatable bonds is 8. The summed E-state index contributed by atoms with van der Waals surface area (Å²) in [6, 6.07) is 3.71. The molecule has 0 aliphatic rings. The van der Waals surface area contributed by atoms with E-state index in [0.717, 1.165) is 18.6 Å². The van der Waals surface area contributed by atoms with E-state index in [1.54, 1.807) is 19.2 Å². The Kier molecular flexibility index (Phi) is 6.59. The van der Waals surface area contributed by atoms with Gasteiger partial charge in [0, 0.05) is 13.2 Å². The molecule has 0 fully saturated rings. The quantitative estimate of drug-likeness (QED) is 0.735. The first kappa shape index (κ1) is 15.7. The van der Waals surface area contributed by atoms with E-state index in [2.05, 4.69) is 17.0 Å². The van der Waals surface area contributed by atoms with Gasteiger partial charge in [-0.1, -0.05) is 13.3 Å². The van der Waals surface area contributed by atoms with Gasteiger partial charge in [0.1, 0.15) is 5.76 Å². The summed E-state index contributed by atoms with van der Waals surface area (Å²) in [4.78, 5) is 11.3. The van der Waals surface area contributed by atoms with Crippen LogP contribution in [0, 0.1) is 0 Å². The first-order valence-electron chi connectivity index (χ1n) is 6.55. The zero-order valence-corrected chi connectivity index (χ0v) is 12.1. The average Bonchev–Trinajstić information content (AvgIpc) is 2.88. The Hall–Kier alpha value is -1.33. The molecule has 0 amide bonds. The number of nitrogens with one attached hydrogen (secondary N) is 1. The van der Waals surface area contributed by atoms with Crippen LogP contribution in [0.15, 0.2) is 16.5 Å². The fourth-order valence-corrected chi connectivity index (χ4v) is 2.00. The first-order chi connectivity index (χ1) is 9.12. The third kappa shape index (κ3) is 4.69. The lowest BCUT2D eigenvalue weighted by molar-refractivity contribution is 0.0561. The number of carbonyl (C=O) groups is 1. The summed E-state index contributed by atoms with van der Waals surface area (Å²) in [5.74, 6) is 0.489. The Morgan fingerprint density at radius 2 is 2.16 bits per heavy atom. The Morgan fingerprint density at radius 3 is 2.74 bits per heavy atom. The Balaban J connectivity index is 2.63. The van der Waals surface area contributed by atoms with E-state index in [-0.39, 0.29) is 17.8 Å². The number of furan rings is 1. The second-order valence-electron chi connectivity index (χ2n) is 4.52. The van der Waals surface area contributed by atoms with Gasteiger partial charge in [-0.2, -0.15) is 0 Å². The molecule has 0 spiro atoms. The SMILES string of the molecule is CCCC(COC)NC(C)c1ccc(C(=O)OC)o1. The Morgan fingerprint density at radius 1 is 1.42 bits per heavy atom. The van der Waals surface area contributed by atoms with Crippen molar-refractivity contribution in [1.82, 2.24) is 5.32 Å². The fourth-order valence-electron chi connectivity index (χ4n) is 2.00. The minimum Gasteiger partial charge on any atom is -0.463 e. The van der Waals surface area contributed by atoms with E-state index in [1.807, 2.05) is 6.92 Å². The molecule has 1 heterocycles. The van der Waals surface area contributed by atoms with Gasteiger partial charge in [0.15, 0.2) is 0 Å². The molecule has 108 valence electrons. The molecule has 1 rings (SSSR count). The first-order valence-corrected chi connectivity index (χ1v) is 6.55. The van der Waals surface area contributed by atoms with E-state index in [4.69, 9.17) is 9.15 Å². The van der Waals surface area contributed by atoms with Crippen LogP contribution in [0.5, 0.6) is 0 Å². The highest BCUT2D eigenvalue weighted by Gasteiger charge is 2.18. The van der Waals surface area contributed by atoms with Crippen LogP contribution in [0.2, 0.25) is 0 Å². The van der Waals surface area contributed by atoms with Crippen LogP contribution >= 0.6 is 0 Å².